The molecule has 0 amide bonds. The van der Waals surface area contributed by atoms with E-state index in [2.05, 4.69) is 255 Å². The molecule has 1 aliphatic rings. The molecule has 0 bridgehead atoms. The topological polar surface area (TPSA) is 3.24 Å². The van der Waals surface area contributed by atoms with Crippen molar-refractivity contribution in [3.05, 3.63) is 248 Å². The molecule has 0 N–H and O–H groups in total. The van der Waals surface area contributed by atoms with E-state index in [0.29, 0.717) is 0 Å². The average molecular weight is 848 g/mol. The van der Waals surface area contributed by atoms with Gasteiger partial charge in [-0.2, -0.15) is 0 Å². The molecule has 11 aromatic rings. The fourth-order valence-electron chi connectivity index (χ4n) is 10.1. The number of fused-ring (bicyclic) bond motifs is 6. The monoisotopic (exact) mass is 847 g/mol. The van der Waals surface area contributed by atoms with Gasteiger partial charge in [-0.1, -0.05) is 184 Å². The third-order valence-electron chi connectivity index (χ3n) is 13.5. The van der Waals surface area contributed by atoms with E-state index in [1.54, 1.807) is 0 Å². The summed E-state index contributed by atoms with van der Waals surface area (Å²) in [6.45, 7) is 4.79. The number of benzene rings is 10. The molecule has 10 aromatic carbocycles. The lowest BCUT2D eigenvalue weighted by atomic mass is 9.81. The molecular formula is C63H45NS. The maximum absolute atomic E-state index is 2.46. The first-order chi connectivity index (χ1) is 32.0. The zero-order valence-corrected chi connectivity index (χ0v) is 37.2. The lowest BCUT2D eigenvalue weighted by molar-refractivity contribution is 0.660. The van der Waals surface area contributed by atoms with Crippen LogP contribution in [-0.4, -0.2) is 0 Å². The highest BCUT2D eigenvalue weighted by molar-refractivity contribution is 7.26. The number of anilines is 3. The number of hydrogen-bond acceptors (Lipinski definition) is 2. The van der Waals surface area contributed by atoms with Crippen LogP contribution in [0.3, 0.4) is 0 Å². The van der Waals surface area contributed by atoms with Gasteiger partial charge < -0.3 is 4.90 Å². The van der Waals surface area contributed by atoms with E-state index in [0.717, 1.165) is 17.1 Å². The van der Waals surface area contributed by atoms with E-state index >= 15 is 0 Å². The Morgan fingerprint density at radius 2 is 0.738 bits per heavy atom. The highest BCUT2D eigenvalue weighted by atomic mass is 32.1. The Bertz CT molecular complexity index is 3470. The molecule has 1 aromatic heterocycles. The fourth-order valence-corrected chi connectivity index (χ4v) is 11.3. The number of hydrogen-bond donors (Lipinski definition) is 0. The average Bonchev–Trinajstić information content (AvgIpc) is 3.86. The van der Waals surface area contributed by atoms with Gasteiger partial charge in [0.05, 0.1) is 0 Å². The van der Waals surface area contributed by atoms with Crippen molar-refractivity contribution < 1.29 is 0 Å². The Morgan fingerprint density at radius 3 is 1.32 bits per heavy atom. The predicted molar refractivity (Wildman–Crippen MR) is 279 cm³/mol. The number of nitrogens with zero attached hydrogens (tertiary/aromatic N) is 1. The van der Waals surface area contributed by atoms with E-state index in [1.807, 2.05) is 11.3 Å². The summed E-state index contributed by atoms with van der Waals surface area (Å²) in [7, 11) is 0. The van der Waals surface area contributed by atoms with E-state index in [-0.39, 0.29) is 5.41 Å². The van der Waals surface area contributed by atoms with Crippen molar-refractivity contribution in [2.45, 2.75) is 19.3 Å². The van der Waals surface area contributed by atoms with Gasteiger partial charge in [-0.25, -0.2) is 0 Å². The van der Waals surface area contributed by atoms with Gasteiger partial charge in [0.1, 0.15) is 0 Å². The van der Waals surface area contributed by atoms with Gasteiger partial charge in [0.25, 0.3) is 0 Å². The molecule has 1 aliphatic carbocycles. The Kier molecular flexibility index (Phi) is 9.44. The van der Waals surface area contributed by atoms with Crippen LogP contribution >= 0.6 is 11.3 Å². The fraction of sp³-hybridized carbons (Fsp3) is 0.0476. The Morgan fingerprint density at radius 1 is 0.308 bits per heavy atom. The highest BCUT2D eigenvalue weighted by Gasteiger charge is 2.36. The van der Waals surface area contributed by atoms with Crippen LogP contribution in [0.25, 0.3) is 86.9 Å². The normalized spacial score (nSPS) is 12.6. The first-order valence-electron chi connectivity index (χ1n) is 22.5. The van der Waals surface area contributed by atoms with Crippen LogP contribution in [0.5, 0.6) is 0 Å². The van der Waals surface area contributed by atoms with Crippen LogP contribution in [-0.2, 0) is 5.41 Å². The van der Waals surface area contributed by atoms with Crippen molar-refractivity contribution in [1.82, 2.24) is 0 Å². The Hall–Kier alpha value is -7.78. The lowest BCUT2D eigenvalue weighted by Crippen LogP contribution is -2.16. The molecule has 0 unspecified atom stereocenters. The second kappa shape index (κ2) is 15.8. The van der Waals surface area contributed by atoms with Gasteiger partial charge in [0.15, 0.2) is 0 Å². The molecule has 0 radical (unpaired) electrons. The van der Waals surface area contributed by atoms with Crippen molar-refractivity contribution in [3.8, 4) is 66.8 Å². The summed E-state index contributed by atoms with van der Waals surface area (Å²) in [4.78, 5) is 2.42. The van der Waals surface area contributed by atoms with E-state index in [9.17, 15) is 0 Å². The lowest BCUT2D eigenvalue weighted by Gasteiger charge is -2.28. The predicted octanol–water partition coefficient (Wildman–Crippen LogP) is 18.2. The van der Waals surface area contributed by atoms with E-state index in [1.165, 1.54) is 98.1 Å². The van der Waals surface area contributed by atoms with Gasteiger partial charge in [0, 0.05) is 42.6 Å². The minimum absolute atomic E-state index is 0.211. The summed E-state index contributed by atoms with van der Waals surface area (Å²) in [5, 5.41) is 2.66. The third kappa shape index (κ3) is 6.86. The molecule has 308 valence electrons. The summed E-state index contributed by atoms with van der Waals surface area (Å²) in [6.07, 6.45) is 0. The first kappa shape index (κ1) is 38.9. The zero-order chi connectivity index (χ0) is 43.5. The Labute approximate surface area is 385 Å². The van der Waals surface area contributed by atoms with E-state index in [4.69, 9.17) is 0 Å². The minimum atomic E-state index is -0.211. The Balaban J connectivity index is 0.945. The van der Waals surface area contributed by atoms with Crippen molar-refractivity contribution in [2.24, 2.45) is 0 Å². The van der Waals surface area contributed by atoms with Crippen LogP contribution in [0.2, 0.25) is 0 Å². The van der Waals surface area contributed by atoms with Gasteiger partial charge in [-0.05, 0) is 145 Å². The molecule has 0 atom stereocenters. The van der Waals surface area contributed by atoms with Crippen molar-refractivity contribution >= 4 is 48.6 Å². The van der Waals surface area contributed by atoms with Crippen LogP contribution in [0, 0.1) is 0 Å². The second-order valence-corrected chi connectivity index (χ2v) is 18.8. The summed E-state index contributed by atoms with van der Waals surface area (Å²) in [5.41, 5.74) is 20.7. The second-order valence-electron chi connectivity index (χ2n) is 17.7. The zero-order valence-electron chi connectivity index (χ0n) is 36.4. The molecular weight excluding hydrogens is 803 g/mol. The smallest absolute Gasteiger partial charge is 0.0465 e. The molecule has 0 fully saturated rings. The standard InChI is InChI=1S/C63H45NS/c1-63(2)59-40-47(54-22-14-23-58-57-21-12-13-24-61(57)65-62(54)58)29-35-55(59)56-36-34-53(41-60(56)63)64(51-30-25-45(26-31-51)42-15-6-3-7-16-42)52-32-27-46(28-33-52)50-38-48(43-17-8-4-9-18-43)37-49(39-50)44-19-10-5-11-20-44/h3-41H,1-2H3. The van der Waals surface area contributed by atoms with Crippen molar-refractivity contribution in [2.75, 3.05) is 4.90 Å². The summed E-state index contributed by atoms with van der Waals surface area (Å²) in [5.74, 6) is 0. The molecule has 12 rings (SSSR count). The van der Waals surface area contributed by atoms with Crippen LogP contribution in [0.15, 0.2) is 237 Å². The molecule has 0 saturated carbocycles. The van der Waals surface area contributed by atoms with Gasteiger partial charge in [-0.15, -0.1) is 11.3 Å². The molecule has 2 heteroatoms. The van der Waals surface area contributed by atoms with Crippen molar-refractivity contribution in [1.29, 1.82) is 0 Å². The number of rotatable bonds is 8. The maximum atomic E-state index is 2.46. The molecule has 1 nitrogen and oxygen atoms in total. The quantitative estimate of drug-likeness (QED) is 0.147. The molecule has 1 heterocycles. The van der Waals surface area contributed by atoms with Gasteiger partial charge in [0.2, 0.25) is 0 Å². The van der Waals surface area contributed by atoms with E-state index < -0.39 is 0 Å². The molecule has 0 spiro atoms. The van der Waals surface area contributed by atoms with Gasteiger partial charge >= 0.3 is 0 Å². The maximum Gasteiger partial charge on any atom is 0.0465 e. The third-order valence-corrected chi connectivity index (χ3v) is 14.7. The SMILES string of the molecule is CC1(C)c2cc(-c3cccc4c3sc3ccccc34)ccc2-c2ccc(N(c3ccc(-c4ccccc4)cc3)c3ccc(-c4cc(-c5ccccc5)cc(-c5ccccc5)c4)cc3)cc21. The van der Waals surface area contributed by atoms with Crippen LogP contribution in [0.4, 0.5) is 17.1 Å². The van der Waals surface area contributed by atoms with Crippen LogP contribution in [0.1, 0.15) is 25.0 Å². The van der Waals surface area contributed by atoms with Crippen molar-refractivity contribution in [3.63, 3.8) is 0 Å². The minimum Gasteiger partial charge on any atom is -0.310 e. The molecule has 0 aliphatic heterocycles. The summed E-state index contributed by atoms with van der Waals surface area (Å²) in [6, 6.07) is 87.0. The summed E-state index contributed by atoms with van der Waals surface area (Å²) >= 11 is 1.90. The largest absolute Gasteiger partial charge is 0.310 e. The van der Waals surface area contributed by atoms with Gasteiger partial charge in [-0.3, -0.25) is 0 Å². The summed E-state index contributed by atoms with van der Waals surface area (Å²) < 4.78 is 2.68. The number of thiophene rings is 1. The molecule has 65 heavy (non-hydrogen) atoms. The molecule has 0 saturated heterocycles. The highest BCUT2D eigenvalue weighted by Crippen LogP contribution is 2.52. The van der Waals surface area contributed by atoms with Crippen LogP contribution < -0.4 is 4.90 Å². The first-order valence-corrected chi connectivity index (χ1v) is 23.3.